The minimum Gasteiger partial charge on any atom is -0.497 e. The first-order valence-corrected chi connectivity index (χ1v) is 11.1. The van der Waals surface area contributed by atoms with Gasteiger partial charge in [0.2, 0.25) is 5.95 Å². The van der Waals surface area contributed by atoms with Crippen molar-refractivity contribution < 1.29 is 9.53 Å². The van der Waals surface area contributed by atoms with Gasteiger partial charge in [0, 0.05) is 21.4 Å². The Hall–Kier alpha value is -3.48. The maximum Gasteiger partial charge on any atom is 0.255 e. The van der Waals surface area contributed by atoms with Crippen LogP contribution in [0.2, 0.25) is 10.0 Å². The zero-order chi connectivity index (χ0) is 23.1. The van der Waals surface area contributed by atoms with Crippen LogP contribution in [-0.4, -0.2) is 22.6 Å². The molecule has 2 N–H and O–H groups in total. The third kappa shape index (κ3) is 3.81. The number of nitrogens with one attached hydrogen (secondary N) is 2. The van der Waals surface area contributed by atoms with Crippen LogP contribution >= 0.6 is 23.2 Å². The molecule has 8 heteroatoms. The van der Waals surface area contributed by atoms with Gasteiger partial charge in [-0.25, -0.2) is 4.98 Å². The second kappa shape index (κ2) is 8.46. The molecule has 0 bridgehead atoms. The van der Waals surface area contributed by atoms with Gasteiger partial charge in [0.1, 0.15) is 5.75 Å². The van der Waals surface area contributed by atoms with Crippen LogP contribution in [0.15, 0.2) is 78.0 Å². The van der Waals surface area contributed by atoms with E-state index in [1.165, 1.54) is 0 Å². The molecule has 0 saturated heterocycles. The van der Waals surface area contributed by atoms with Gasteiger partial charge in [-0.15, -0.1) is 0 Å². The molecule has 1 aliphatic heterocycles. The predicted octanol–water partition coefficient (Wildman–Crippen LogP) is 6.28. The fraction of sp³-hybridized carbons (Fsp3) is 0.120. The molecular weight excluding hydrogens is 459 g/mol. The number of methoxy groups -OCH3 is 1. The average Bonchev–Trinajstić information content (AvgIpc) is 3.16. The summed E-state index contributed by atoms with van der Waals surface area (Å²) in [6, 6.07) is 19.8. The van der Waals surface area contributed by atoms with E-state index in [1.54, 1.807) is 43.5 Å². The lowest BCUT2D eigenvalue weighted by Crippen LogP contribution is -2.31. The van der Waals surface area contributed by atoms with Crippen molar-refractivity contribution in [2.45, 2.75) is 13.0 Å². The van der Waals surface area contributed by atoms with Gasteiger partial charge in [0.15, 0.2) is 0 Å². The number of nitrogens with zero attached hydrogens (tertiary/aromatic N) is 2. The van der Waals surface area contributed by atoms with E-state index in [2.05, 4.69) is 10.6 Å². The SMILES string of the molecule is COc1ccc(NC(=O)C2=C(C)Nc3nc4ccccc4n3[C@@H]2c2ccc(Cl)cc2Cl)cc1. The summed E-state index contributed by atoms with van der Waals surface area (Å²) in [6.07, 6.45) is 0. The molecule has 0 spiro atoms. The normalized spacial score (nSPS) is 15.2. The summed E-state index contributed by atoms with van der Waals surface area (Å²) < 4.78 is 7.21. The number of benzene rings is 3. The van der Waals surface area contributed by atoms with Gasteiger partial charge >= 0.3 is 0 Å². The Bertz CT molecular complexity index is 1410. The van der Waals surface area contributed by atoms with Crippen molar-refractivity contribution in [1.82, 2.24) is 9.55 Å². The number of carbonyl (C=O) groups excluding carboxylic acids is 1. The Morgan fingerprint density at radius 3 is 2.58 bits per heavy atom. The second-order valence-corrected chi connectivity index (χ2v) is 8.55. The number of rotatable bonds is 4. The van der Waals surface area contributed by atoms with Gasteiger partial charge in [0.25, 0.3) is 5.91 Å². The van der Waals surface area contributed by atoms with Crippen molar-refractivity contribution in [3.63, 3.8) is 0 Å². The van der Waals surface area contributed by atoms with Crippen LogP contribution in [0.5, 0.6) is 5.75 Å². The molecule has 1 amide bonds. The van der Waals surface area contributed by atoms with Crippen LogP contribution in [0.4, 0.5) is 11.6 Å². The first-order valence-electron chi connectivity index (χ1n) is 10.3. The molecular formula is C25H20Cl2N4O2. The first kappa shape index (κ1) is 21.4. The number of aromatic nitrogens is 2. The number of anilines is 2. The number of imidazole rings is 1. The van der Waals surface area contributed by atoms with Crippen LogP contribution in [0.3, 0.4) is 0 Å². The third-order valence-corrected chi connectivity index (χ3v) is 6.24. The topological polar surface area (TPSA) is 68.2 Å². The average molecular weight is 479 g/mol. The van der Waals surface area contributed by atoms with Crippen LogP contribution in [0, 0.1) is 0 Å². The van der Waals surface area contributed by atoms with E-state index in [4.69, 9.17) is 32.9 Å². The van der Waals surface area contributed by atoms with Gasteiger partial charge in [-0.05, 0) is 61.0 Å². The zero-order valence-electron chi connectivity index (χ0n) is 17.9. The highest BCUT2D eigenvalue weighted by Gasteiger charge is 2.35. The highest BCUT2D eigenvalue weighted by atomic mass is 35.5. The Balaban J connectivity index is 1.65. The van der Waals surface area contributed by atoms with E-state index in [1.807, 2.05) is 41.8 Å². The van der Waals surface area contributed by atoms with E-state index in [9.17, 15) is 4.79 Å². The summed E-state index contributed by atoms with van der Waals surface area (Å²) in [6.45, 7) is 1.86. The molecule has 1 aliphatic rings. The second-order valence-electron chi connectivity index (χ2n) is 7.71. The van der Waals surface area contributed by atoms with Gasteiger partial charge in [0.05, 0.1) is 29.8 Å². The van der Waals surface area contributed by atoms with Crippen LogP contribution in [-0.2, 0) is 4.79 Å². The van der Waals surface area contributed by atoms with Crippen LogP contribution in [0.25, 0.3) is 11.0 Å². The molecule has 1 atom stereocenters. The number of amides is 1. The molecule has 0 saturated carbocycles. The minimum absolute atomic E-state index is 0.246. The largest absolute Gasteiger partial charge is 0.497 e. The van der Waals surface area contributed by atoms with Crippen molar-refractivity contribution >= 4 is 51.8 Å². The third-order valence-electron chi connectivity index (χ3n) is 5.68. The van der Waals surface area contributed by atoms with Crippen molar-refractivity contribution in [2.24, 2.45) is 0 Å². The molecule has 0 radical (unpaired) electrons. The summed E-state index contributed by atoms with van der Waals surface area (Å²) in [5, 5.41) is 7.30. The Morgan fingerprint density at radius 1 is 1.09 bits per heavy atom. The summed E-state index contributed by atoms with van der Waals surface area (Å²) in [5.41, 5.74) is 4.35. The van der Waals surface area contributed by atoms with Gasteiger partial charge in [-0.2, -0.15) is 0 Å². The molecule has 5 rings (SSSR count). The zero-order valence-corrected chi connectivity index (χ0v) is 19.4. The standard InChI is InChI=1S/C25H20Cl2N4O2/c1-14-22(24(32)29-16-8-10-17(33-2)11-9-16)23(18-12-7-15(26)13-19(18)27)31-21-6-4-3-5-20(21)30-25(31)28-14/h3-13,23H,1-2H3,(H,28,30)(H,29,32)/t23-/m1/s1. The van der Waals surface area contributed by atoms with E-state index < -0.39 is 6.04 Å². The smallest absolute Gasteiger partial charge is 0.255 e. The van der Waals surface area contributed by atoms with E-state index in [-0.39, 0.29) is 5.91 Å². The number of halogens is 2. The van der Waals surface area contributed by atoms with E-state index in [0.29, 0.717) is 38.7 Å². The van der Waals surface area contributed by atoms with Crippen molar-refractivity contribution in [3.8, 4) is 5.75 Å². The number of para-hydroxylation sites is 2. The number of allylic oxidation sites excluding steroid dienone is 1. The molecule has 4 aromatic rings. The molecule has 33 heavy (non-hydrogen) atoms. The number of carbonyl (C=O) groups is 1. The monoisotopic (exact) mass is 478 g/mol. The maximum absolute atomic E-state index is 13.6. The lowest BCUT2D eigenvalue weighted by atomic mass is 9.94. The lowest BCUT2D eigenvalue weighted by Gasteiger charge is -2.31. The molecule has 0 fully saturated rings. The number of hydrogen-bond acceptors (Lipinski definition) is 4. The molecule has 0 aliphatic carbocycles. The van der Waals surface area contributed by atoms with Crippen LogP contribution in [0.1, 0.15) is 18.5 Å². The molecule has 166 valence electrons. The molecule has 3 aromatic carbocycles. The highest BCUT2D eigenvalue weighted by Crippen LogP contribution is 2.42. The Morgan fingerprint density at radius 2 is 1.85 bits per heavy atom. The molecule has 6 nitrogen and oxygen atoms in total. The summed E-state index contributed by atoms with van der Waals surface area (Å²) in [4.78, 5) is 18.3. The Kier molecular flexibility index (Phi) is 5.48. The first-order chi connectivity index (χ1) is 16.0. The summed E-state index contributed by atoms with van der Waals surface area (Å²) in [7, 11) is 1.60. The predicted molar refractivity (Wildman–Crippen MR) is 132 cm³/mol. The highest BCUT2D eigenvalue weighted by molar-refractivity contribution is 6.35. The number of ether oxygens (including phenoxy) is 1. The Labute approximate surface area is 200 Å². The van der Waals surface area contributed by atoms with Gasteiger partial charge in [-0.1, -0.05) is 41.4 Å². The van der Waals surface area contributed by atoms with Crippen molar-refractivity contribution in [3.05, 3.63) is 93.6 Å². The lowest BCUT2D eigenvalue weighted by molar-refractivity contribution is -0.113. The van der Waals surface area contributed by atoms with E-state index >= 15 is 0 Å². The van der Waals surface area contributed by atoms with Gasteiger partial charge in [-0.3, -0.25) is 9.36 Å². The fourth-order valence-electron chi connectivity index (χ4n) is 4.15. The summed E-state index contributed by atoms with van der Waals surface area (Å²) in [5.74, 6) is 1.11. The summed E-state index contributed by atoms with van der Waals surface area (Å²) >= 11 is 12.8. The minimum atomic E-state index is -0.503. The molecule has 0 unspecified atom stereocenters. The van der Waals surface area contributed by atoms with E-state index in [0.717, 1.165) is 16.6 Å². The van der Waals surface area contributed by atoms with Crippen molar-refractivity contribution in [1.29, 1.82) is 0 Å². The fourth-order valence-corrected chi connectivity index (χ4v) is 4.66. The quantitative estimate of drug-likeness (QED) is 0.362. The number of fused-ring (bicyclic) bond motifs is 3. The molecule has 1 aromatic heterocycles. The van der Waals surface area contributed by atoms with Gasteiger partial charge < -0.3 is 15.4 Å². The molecule has 2 heterocycles. The number of hydrogen-bond donors (Lipinski definition) is 2. The van der Waals surface area contributed by atoms with Crippen molar-refractivity contribution in [2.75, 3.05) is 17.7 Å². The van der Waals surface area contributed by atoms with Crippen LogP contribution < -0.4 is 15.4 Å². The maximum atomic E-state index is 13.6.